The lowest BCUT2D eigenvalue weighted by Gasteiger charge is -2.27. The van der Waals surface area contributed by atoms with Gasteiger partial charge >= 0.3 is 11.9 Å². The van der Waals surface area contributed by atoms with Crippen molar-refractivity contribution in [3.63, 3.8) is 0 Å². The fourth-order valence-electron chi connectivity index (χ4n) is 1.11. The van der Waals surface area contributed by atoms with Crippen LogP contribution in [-0.4, -0.2) is 112 Å². The van der Waals surface area contributed by atoms with E-state index in [1.54, 1.807) is 0 Å². The number of rotatable bonds is 11. The Morgan fingerprint density at radius 2 is 1.29 bits per heavy atom. The van der Waals surface area contributed by atoms with Crippen LogP contribution in [0, 0.1) is 0 Å². The van der Waals surface area contributed by atoms with Crippen LogP contribution >= 0.6 is 0 Å². The van der Waals surface area contributed by atoms with Gasteiger partial charge in [-0.1, -0.05) is 0 Å². The summed E-state index contributed by atoms with van der Waals surface area (Å²) in [5.74, 6) is -1.90. The minimum absolute atomic E-state index is 0.359. The normalized spacial score (nSPS) is 11.5. The molecule has 0 spiro atoms. The topological polar surface area (TPSA) is 223 Å². The number of carbonyl (C=O) groups excluding carboxylic acids is 1. The molecule has 24 heavy (non-hydrogen) atoms. The van der Waals surface area contributed by atoms with Crippen LogP contribution in [0.2, 0.25) is 0 Å². The molecular formula is C12H26N2O10. The first-order valence-electron chi connectivity index (χ1n) is 6.78. The van der Waals surface area contributed by atoms with Crippen LogP contribution in [0.25, 0.3) is 0 Å². The Bertz CT molecular complexity index is 341. The number of carbonyl (C=O) groups is 2. The maximum absolute atomic E-state index is 10.6. The molecule has 12 nitrogen and oxygen atoms in total. The highest BCUT2D eigenvalue weighted by molar-refractivity contribution is 5.71. The second-order valence-electron chi connectivity index (χ2n) is 4.84. The number of aliphatic hydroxyl groups is 6. The number of nitrogens with two attached hydrogens (primary N) is 1. The Morgan fingerprint density at radius 3 is 1.54 bits per heavy atom. The number of ether oxygens (including phenoxy) is 1. The zero-order valence-corrected chi connectivity index (χ0v) is 13.1. The lowest BCUT2D eigenvalue weighted by atomic mass is 10.0. The first-order valence-corrected chi connectivity index (χ1v) is 6.78. The van der Waals surface area contributed by atoms with E-state index in [4.69, 9.17) is 41.5 Å². The number of nitrogens with one attached hydrogen (secondary N) is 1. The van der Waals surface area contributed by atoms with Gasteiger partial charge in [0.05, 0.1) is 58.3 Å². The molecule has 0 aromatic heterocycles. The second-order valence-corrected chi connectivity index (χ2v) is 4.84. The monoisotopic (exact) mass is 358 g/mol. The maximum Gasteiger partial charge on any atom is 0.320 e. The smallest absolute Gasteiger partial charge is 0.320 e. The number of hydrogen-bond donors (Lipinski definition) is 9. The van der Waals surface area contributed by atoms with Crippen molar-refractivity contribution in [1.29, 1.82) is 0 Å². The van der Waals surface area contributed by atoms with Gasteiger partial charge in [0.1, 0.15) is 0 Å². The minimum atomic E-state index is -1.61. The van der Waals surface area contributed by atoms with Crippen LogP contribution < -0.4 is 11.1 Å². The summed E-state index contributed by atoms with van der Waals surface area (Å²) in [5.41, 5.74) is 2.00. The van der Waals surface area contributed by atoms with Crippen molar-refractivity contribution in [2.45, 2.75) is 11.1 Å². The van der Waals surface area contributed by atoms with Gasteiger partial charge < -0.3 is 46.2 Å². The van der Waals surface area contributed by atoms with Gasteiger partial charge in [0.25, 0.3) is 0 Å². The van der Waals surface area contributed by atoms with E-state index in [2.05, 4.69) is 10.1 Å². The molecule has 0 unspecified atom stereocenters. The molecule has 0 aliphatic carbocycles. The third kappa shape index (κ3) is 9.05. The summed E-state index contributed by atoms with van der Waals surface area (Å²) in [4.78, 5) is 20.7. The Labute approximate surface area is 138 Å². The van der Waals surface area contributed by atoms with E-state index in [0.29, 0.717) is 0 Å². The van der Waals surface area contributed by atoms with Crippen LogP contribution in [0.5, 0.6) is 0 Å². The molecule has 144 valence electrons. The van der Waals surface area contributed by atoms with E-state index in [9.17, 15) is 9.59 Å². The third-order valence-corrected chi connectivity index (χ3v) is 2.88. The predicted molar refractivity (Wildman–Crippen MR) is 78.8 cm³/mol. The quantitative estimate of drug-likeness (QED) is 0.158. The highest BCUT2D eigenvalue weighted by Crippen LogP contribution is 2.08. The zero-order chi connectivity index (χ0) is 19.2. The van der Waals surface area contributed by atoms with Crippen molar-refractivity contribution in [1.82, 2.24) is 5.32 Å². The average Bonchev–Trinajstić information content (AvgIpc) is 2.61. The van der Waals surface area contributed by atoms with Crippen molar-refractivity contribution in [3.8, 4) is 0 Å². The van der Waals surface area contributed by atoms with Gasteiger partial charge in [-0.2, -0.15) is 0 Å². The van der Waals surface area contributed by atoms with Gasteiger partial charge in [-0.05, 0) is 0 Å². The van der Waals surface area contributed by atoms with Gasteiger partial charge in [0.15, 0.2) is 5.60 Å². The molecule has 0 aliphatic rings. The van der Waals surface area contributed by atoms with Crippen LogP contribution in [0.3, 0.4) is 0 Å². The predicted octanol–water partition coefficient (Wildman–Crippen LogP) is -5.42. The molecule has 0 aromatic rings. The SMILES string of the molecule is NCC(=O)OC(CO)(CO)CO.O=C(O)CNC(CO)(CO)CO. The third-order valence-electron chi connectivity index (χ3n) is 2.88. The maximum atomic E-state index is 10.6. The highest BCUT2D eigenvalue weighted by Gasteiger charge is 2.32. The van der Waals surface area contributed by atoms with Crippen molar-refractivity contribution in [2.24, 2.45) is 5.73 Å². The van der Waals surface area contributed by atoms with Crippen LogP contribution in [0.4, 0.5) is 0 Å². The average molecular weight is 358 g/mol. The van der Waals surface area contributed by atoms with E-state index < -0.39 is 69.3 Å². The molecule has 12 heteroatoms. The summed E-state index contributed by atoms with van der Waals surface area (Å²) >= 11 is 0. The summed E-state index contributed by atoms with van der Waals surface area (Å²) in [6, 6.07) is 0. The van der Waals surface area contributed by atoms with E-state index in [1.165, 1.54) is 0 Å². The van der Waals surface area contributed by atoms with Gasteiger partial charge in [-0.25, -0.2) is 0 Å². The fourth-order valence-corrected chi connectivity index (χ4v) is 1.11. The summed E-state index contributed by atoms with van der Waals surface area (Å²) in [5, 5.41) is 62.8. The van der Waals surface area contributed by atoms with Gasteiger partial charge in [0, 0.05) is 0 Å². The molecular weight excluding hydrogens is 332 g/mol. The molecule has 0 amide bonds. The summed E-state index contributed by atoms with van der Waals surface area (Å²) < 4.78 is 4.52. The number of aliphatic hydroxyl groups excluding tert-OH is 6. The van der Waals surface area contributed by atoms with E-state index in [1.807, 2.05) is 0 Å². The Hall–Kier alpha value is -1.38. The van der Waals surface area contributed by atoms with E-state index in [-0.39, 0.29) is 6.54 Å². The highest BCUT2D eigenvalue weighted by atomic mass is 16.6. The van der Waals surface area contributed by atoms with E-state index in [0.717, 1.165) is 0 Å². The first kappa shape index (κ1) is 24.9. The van der Waals surface area contributed by atoms with Crippen LogP contribution in [0.1, 0.15) is 0 Å². The van der Waals surface area contributed by atoms with Crippen molar-refractivity contribution in [3.05, 3.63) is 0 Å². The first-order chi connectivity index (χ1) is 11.2. The van der Waals surface area contributed by atoms with Gasteiger partial charge in [0.2, 0.25) is 0 Å². The molecule has 0 aliphatic heterocycles. The molecule has 0 saturated heterocycles. The molecule has 0 bridgehead atoms. The van der Waals surface area contributed by atoms with Crippen molar-refractivity contribution < 1.29 is 50.1 Å². The molecule has 0 radical (unpaired) electrons. The molecule has 0 rings (SSSR count). The molecule has 0 atom stereocenters. The minimum Gasteiger partial charge on any atom is -0.480 e. The lowest BCUT2D eigenvalue weighted by molar-refractivity contribution is -0.174. The fraction of sp³-hybridized carbons (Fsp3) is 0.833. The van der Waals surface area contributed by atoms with Crippen molar-refractivity contribution >= 4 is 11.9 Å². The zero-order valence-electron chi connectivity index (χ0n) is 13.1. The number of aliphatic carboxylic acids is 1. The summed E-state index contributed by atoms with van der Waals surface area (Å²) in [6.07, 6.45) is 0. The van der Waals surface area contributed by atoms with Gasteiger partial charge in [-0.3, -0.25) is 14.9 Å². The Balaban J connectivity index is 0. The summed E-state index contributed by atoms with van der Waals surface area (Å²) in [6.45, 7) is -4.28. The molecule has 10 N–H and O–H groups in total. The lowest BCUT2D eigenvalue weighted by Crippen LogP contribution is -2.56. The Morgan fingerprint density at radius 1 is 0.875 bits per heavy atom. The molecule has 0 fully saturated rings. The van der Waals surface area contributed by atoms with Gasteiger partial charge in [-0.15, -0.1) is 0 Å². The number of esters is 1. The second kappa shape index (κ2) is 13.0. The number of hydrogen-bond acceptors (Lipinski definition) is 11. The van der Waals surface area contributed by atoms with Crippen LogP contribution in [-0.2, 0) is 14.3 Å². The molecule has 0 aromatic carbocycles. The standard InChI is InChI=1S/2C6H13NO5/c7-1-5(11)12-6(2-8,3-9)4-10;8-2-6(3-9,4-10)7-1-5(11)12/h8-10H,1-4,7H2;7-10H,1-4H2,(H,11,12). The summed E-state index contributed by atoms with van der Waals surface area (Å²) in [7, 11) is 0. The van der Waals surface area contributed by atoms with Crippen LogP contribution in [0.15, 0.2) is 0 Å². The van der Waals surface area contributed by atoms with Crippen molar-refractivity contribution in [2.75, 3.05) is 52.7 Å². The number of carboxylic acid groups (broad SMARTS) is 1. The molecule has 0 heterocycles. The molecule has 0 saturated carbocycles. The Kier molecular flexibility index (Phi) is 13.4. The number of carboxylic acids is 1. The van der Waals surface area contributed by atoms with E-state index >= 15 is 0 Å². The largest absolute Gasteiger partial charge is 0.480 e.